The predicted molar refractivity (Wildman–Crippen MR) is 99.3 cm³/mol. The summed E-state index contributed by atoms with van der Waals surface area (Å²) in [5.74, 6) is 0. The van der Waals surface area contributed by atoms with Crippen LogP contribution in [0.25, 0.3) is 0 Å². The van der Waals surface area contributed by atoms with Crippen LogP contribution >= 0.6 is 11.6 Å². The number of nitrogens with zero attached hydrogens (tertiary/aromatic N) is 3. The van der Waals surface area contributed by atoms with Gasteiger partial charge in [0.25, 0.3) is 11.4 Å². The Labute approximate surface area is 160 Å². The molecule has 0 heterocycles. The maximum Gasteiger partial charge on any atom is 0.275 e. The van der Waals surface area contributed by atoms with Gasteiger partial charge in [0.1, 0.15) is 0 Å². The lowest BCUT2D eigenvalue weighted by molar-refractivity contribution is -0.385. The van der Waals surface area contributed by atoms with Crippen molar-refractivity contribution in [3.8, 4) is 0 Å². The van der Waals surface area contributed by atoms with Crippen LogP contribution in [0.1, 0.15) is 24.1 Å². The van der Waals surface area contributed by atoms with Crippen LogP contribution < -0.4 is 0 Å². The largest absolute Gasteiger partial charge is 0.275 e. The first-order valence-corrected chi connectivity index (χ1v) is 9.45. The number of non-ortho nitro benzene ring substituents is 1. The van der Waals surface area contributed by atoms with Crippen LogP contribution in [0, 0.1) is 27.2 Å². The summed E-state index contributed by atoms with van der Waals surface area (Å²) in [4.78, 5) is 20.5. The first kappa shape index (κ1) is 20.7. The van der Waals surface area contributed by atoms with Gasteiger partial charge in [0.2, 0.25) is 10.0 Å². The first-order valence-electron chi connectivity index (χ1n) is 7.63. The molecule has 0 amide bonds. The van der Waals surface area contributed by atoms with Crippen molar-refractivity contribution in [2.24, 2.45) is 0 Å². The van der Waals surface area contributed by atoms with Crippen LogP contribution in [-0.4, -0.2) is 29.6 Å². The van der Waals surface area contributed by atoms with Crippen molar-refractivity contribution in [1.82, 2.24) is 4.31 Å². The van der Waals surface area contributed by atoms with Crippen LogP contribution in [0.15, 0.2) is 41.3 Å². The van der Waals surface area contributed by atoms with Crippen LogP contribution in [0.5, 0.6) is 0 Å². The van der Waals surface area contributed by atoms with Crippen LogP contribution in [0.2, 0.25) is 5.02 Å². The van der Waals surface area contributed by atoms with Crippen molar-refractivity contribution in [2.45, 2.75) is 24.8 Å². The molecule has 0 spiro atoms. The number of sulfonamides is 1. The van der Waals surface area contributed by atoms with Crippen LogP contribution in [0.3, 0.4) is 0 Å². The molecule has 0 aliphatic carbocycles. The van der Waals surface area contributed by atoms with Gasteiger partial charge in [-0.15, -0.1) is 0 Å². The molecule has 1 unspecified atom stereocenters. The van der Waals surface area contributed by atoms with Crippen molar-refractivity contribution in [2.75, 3.05) is 7.05 Å². The molecular weight excluding hydrogens is 398 g/mol. The molecule has 0 bridgehead atoms. The molecule has 2 rings (SSSR count). The molecule has 0 saturated carbocycles. The zero-order valence-electron chi connectivity index (χ0n) is 14.6. The molecule has 1 atom stereocenters. The number of hydrogen-bond acceptors (Lipinski definition) is 6. The maximum atomic E-state index is 12.9. The zero-order chi connectivity index (χ0) is 20.5. The maximum absolute atomic E-state index is 12.9. The molecule has 27 heavy (non-hydrogen) atoms. The van der Waals surface area contributed by atoms with Gasteiger partial charge in [-0.2, -0.15) is 4.31 Å². The number of rotatable bonds is 6. The van der Waals surface area contributed by atoms with Gasteiger partial charge >= 0.3 is 0 Å². The molecule has 0 radical (unpaired) electrons. The third-order valence-electron chi connectivity index (χ3n) is 4.27. The minimum Gasteiger partial charge on any atom is -0.258 e. The molecule has 2 aromatic carbocycles. The summed E-state index contributed by atoms with van der Waals surface area (Å²) in [6, 6.07) is 6.94. The average molecular weight is 414 g/mol. The second-order valence-corrected chi connectivity index (χ2v) is 8.26. The minimum atomic E-state index is -4.14. The van der Waals surface area contributed by atoms with Crippen molar-refractivity contribution in [3.63, 3.8) is 0 Å². The van der Waals surface area contributed by atoms with Gasteiger partial charge < -0.3 is 0 Å². The summed E-state index contributed by atoms with van der Waals surface area (Å²) in [6.07, 6.45) is 0. The van der Waals surface area contributed by atoms with E-state index in [2.05, 4.69) is 0 Å². The summed E-state index contributed by atoms with van der Waals surface area (Å²) in [5, 5.41) is 22.0. The van der Waals surface area contributed by atoms with E-state index < -0.39 is 31.6 Å². The Morgan fingerprint density at radius 3 is 2.30 bits per heavy atom. The molecule has 0 aliphatic heterocycles. The third-order valence-corrected chi connectivity index (χ3v) is 6.57. The number of benzene rings is 2. The molecule has 144 valence electrons. The quantitative estimate of drug-likeness (QED) is 0.523. The van der Waals surface area contributed by atoms with Crippen molar-refractivity contribution in [3.05, 3.63) is 72.8 Å². The molecule has 0 aliphatic rings. The molecule has 0 fully saturated rings. The Kier molecular flexibility index (Phi) is 5.83. The van der Waals surface area contributed by atoms with Gasteiger partial charge in [0.15, 0.2) is 0 Å². The second-order valence-electron chi connectivity index (χ2n) is 5.86. The molecule has 2 aromatic rings. The normalized spacial score (nSPS) is 12.8. The Bertz CT molecular complexity index is 1020. The highest BCUT2D eigenvalue weighted by Gasteiger charge is 2.30. The zero-order valence-corrected chi connectivity index (χ0v) is 16.2. The molecule has 0 saturated heterocycles. The third kappa shape index (κ3) is 4.07. The number of halogens is 1. The molecule has 0 N–H and O–H groups in total. The van der Waals surface area contributed by atoms with E-state index in [0.29, 0.717) is 5.56 Å². The molecule has 0 aromatic heterocycles. The molecular formula is C16H16ClN3O6S. The van der Waals surface area contributed by atoms with Crippen molar-refractivity contribution in [1.29, 1.82) is 0 Å². The Morgan fingerprint density at radius 2 is 1.74 bits per heavy atom. The monoisotopic (exact) mass is 413 g/mol. The van der Waals surface area contributed by atoms with E-state index in [-0.39, 0.29) is 21.2 Å². The second kappa shape index (κ2) is 7.59. The number of nitro groups is 2. The SMILES string of the molecule is Cc1c(Cl)cc(S(=O)(=O)N(C)C(C)c2cccc([N+](=O)[O-])c2)cc1[N+](=O)[O-]. The van der Waals surface area contributed by atoms with E-state index in [1.165, 1.54) is 32.2 Å². The predicted octanol–water partition coefficient (Wildman–Crippen LogP) is 3.85. The van der Waals surface area contributed by atoms with Crippen LogP contribution in [0.4, 0.5) is 11.4 Å². The van der Waals surface area contributed by atoms with Crippen molar-refractivity contribution >= 4 is 33.0 Å². The van der Waals surface area contributed by atoms with Gasteiger partial charge in [-0.25, -0.2) is 8.42 Å². The lowest BCUT2D eigenvalue weighted by Gasteiger charge is -2.24. The fourth-order valence-electron chi connectivity index (χ4n) is 2.46. The topological polar surface area (TPSA) is 124 Å². The summed E-state index contributed by atoms with van der Waals surface area (Å²) < 4.78 is 26.8. The van der Waals surface area contributed by atoms with Gasteiger partial charge in [0, 0.05) is 36.9 Å². The average Bonchev–Trinajstić information content (AvgIpc) is 2.62. The summed E-state index contributed by atoms with van der Waals surface area (Å²) in [5.41, 5.74) is -0.00497. The summed E-state index contributed by atoms with van der Waals surface area (Å²) in [7, 11) is -2.85. The van der Waals surface area contributed by atoms with Gasteiger partial charge in [-0.05, 0) is 25.5 Å². The van der Waals surface area contributed by atoms with Crippen molar-refractivity contribution < 1.29 is 18.3 Å². The van der Waals surface area contributed by atoms with Gasteiger partial charge in [-0.1, -0.05) is 23.7 Å². The lowest BCUT2D eigenvalue weighted by atomic mass is 10.1. The van der Waals surface area contributed by atoms with E-state index in [9.17, 15) is 28.6 Å². The highest BCUT2D eigenvalue weighted by Crippen LogP contribution is 2.33. The fourth-order valence-corrected chi connectivity index (χ4v) is 4.14. The molecule has 11 heteroatoms. The molecule has 9 nitrogen and oxygen atoms in total. The Balaban J connectivity index is 2.49. The fraction of sp³-hybridized carbons (Fsp3) is 0.250. The van der Waals surface area contributed by atoms with Gasteiger partial charge in [0.05, 0.1) is 19.8 Å². The number of hydrogen-bond donors (Lipinski definition) is 0. The summed E-state index contributed by atoms with van der Waals surface area (Å²) in [6.45, 7) is 2.98. The van der Waals surface area contributed by atoms with E-state index in [1.54, 1.807) is 13.0 Å². The number of nitro benzene ring substituents is 2. The standard InChI is InChI=1S/C16H16ClN3O6S/c1-10-15(17)8-14(9-16(10)20(23)24)27(25,26)18(3)11(2)12-5-4-6-13(7-12)19(21)22/h4-9,11H,1-3H3. The Morgan fingerprint density at radius 1 is 1.11 bits per heavy atom. The van der Waals surface area contributed by atoms with Crippen LogP contribution in [-0.2, 0) is 10.0 Å². The first-order chi connectivity index (χ1) is 12.5. The van der Waals surface area contributed by atoms with Gasteiger partial charge in [-0.3, -0.25) is 20.2 Å². The Hall–Kier alpha value is -2.56. The highest BCUT2D eigenvalue weighted by molar-refractivity contribution is 7.89. The smallest absolute Gasteiger partial charge is 0.258 e. The highest BCUT2D eigenvalue weighted by atomic mass is 35.5. The minimum absolute atomic E-state index is 0.0424. The van der Waals surface area contributed by atoms with E-state index >= 15 is 0 Å². The lowest BCUT2D eigenvalue weighted by Crippen LogP contribution is -2.30. The summed E-state index contributed by atoms with van der Waals surface area (Å²) >= 11 is 5.96. The van der Waals surface area contributed by atoms with E-state index in [4.69, 9.17) is 11.6 Å². The van der Waals surface area contributed by atoms with E-state index in [1.807, 2.05) is 0 Å². The van der Waals surface area contributed by atoms with E-state index in [0.717, 1.165) is 16.4 Å².